The quantitative estimate of drug-likeness (QED) is 0.163. The molecule has 1 heterocycles. The summed E-state index contributed by atoms with van der Waals surface area (Å²) in [6.07, 6.45) is 0. The van der Waals surface area contributed by atoms with Crippen molar-refractivity contribution in [2.45, 2.75) is 0 Å². The van der Waals surface area contributed by atoms with Gasteiger partial charge in [0.15, 0.2) is 17.5 Å². The molecule has 0 unspecified atom stereocenters. The molecule has 0 saturated heterocycles. The number of rotatable bonds is 4. The van der Waals surface area contributed by atoms with E-state index in [1.54, 1.807) is 0 Å². The Balaban J connectivity index is 0.946. The van der Waals surface area contributed by atoms with E-state index < -0.39 is 0 Å². The van der Waals surface area contributed by atoms with Gasteiger partial charge in [0.1, 0.15) is 0 Å². The molecule has 6 heteroatoms. The average Bonchev–Trinajstić information content (AvgIpc) is 3.46. The van der Waals surface area contributed by atoms with Crippen molar-refractivity contribution in [3.63, 3.8) is 0 Å². The minimum absolute atomic E-state index is 0.549. The summed E-state index contributed by atoms with van der Waals surface area (Å²) in [5.41, 5.74) is 6.61. The summed E-state index contributed by atoms with van der Waals surface area (Å²) in [6, 6.07) is 77.8. The number of aromatic nitrogens is 3. The largest absolute Gasteiger partial charge is 0.208 e. The Labute approximate surface area is 412 Å². The lowest BCUT2D eigenvalue weighted by molar-refractivity contribution is 1.08. The molecule has 0 amide bonds. The van der Waals surface area contributed by atoms with Gasteiger partial charge in [-0.05, 0) is 163 Å². The smallest absolute Gasteiger partial charge is 0.164 e. The molecule has 0 saturated carbocycles. The summed E-state index contributed by atoms with van der Waals surface area (Å²) in [5, 5.41) is 48.9. The summed E-state index contributed by atoms with van der Waals surface area (Å²) in [7, 11) is 0. The first kappa shape index (κ1) is 40.7. The Bertz CT molecular complexity index is 4580. The summed E-state index contributed by atoms with van der Waals surface area (Å²) in [4.78, 5) is 15.8. The van der Waals surface area contributed by atoms with Gasteiger partial charge < -0.3 is 0 Å². The Morgan fingerprint density at radius 1 is 0.208 bits per heavy atom. The molecule has 0 fully saturated rings. The van der Waals surface area contributed by atoms with E-state index in [0.29, 0.717) is 34.2 Å². The third-order valence-electron chi connectivity index (χ3n) is 14.5. The Hall–Kier alpha value is -10.3. The molecule has 0 radical (unpaired) electrons. The molecule has 6 nitrogen and oxygen atoms in total. The molecule has 0 aliphatic heterocycles. The van der Waals surface area contributed by atoms with Crippen LogP contribution in [0.15, 0.2) is 206 Å². The maximum Gasteiger partial charge on any atom is 0.164 e. The van der Waals surface area contributed by atoms with Gasteiger partial charge >= 0.3 is 0 Å². The molecule has 13 aromatic carbocycles. The van der Waals surface area contributed by atoms with E-state index in [2.05, 4.69) is 176 Å². The minimum atomic E-state index is 0.549. The zero-order chi connectivity index (χ0) is 48.0. The van der Waals surface area contributed by atoms with Crippen LogP contribution >= 0.6 is 0 Å². The number of benzene rings is 13. The molecule has 0 aliphatic rings. The predicted octanol–water partition coefficient (Wildman–Crippen LogP) is 16.5. The van der Waals surface area contributed by atoms with Crippen LogP contribution in [-0.4, -0.2) is 15.0 Å². The van der Waals surface area contributed by atoms with Gasteiger partial charge in [-0.3, -0.25) is 0 Å². The van der Waals surface area contributed by atoms with Gasteiger partial charge in [0.05, 0.1) is 34.9 Å². The predicted molar refractivity (Wildman–Crippen MR) is 293 cm³/mol. The highest BCUT2D eigenvalue weighted by atomic mass is 15.0. The number of hydrogen-bond acceptors (Lipinski definition) is 6. The van der Waals surface area contributed by atoms with E-state index in [1.807, 2.05) is 48.5 Å². The Morgan fingerprint density at radius 3 is 0.778 bits per heavy atom. The fourth-order valence-electron chi connectivity index (χ4n) is 11.1. The van der Waals surface area contributed by atoms with Crippen molar-refractivity contribution in [1.82, 2.24) is 15.0 Å². The van der Waals surface area contributed by atoms with E-state index in [1.165, 1.54) is 0 Å². The normalized spacial score (nSPS) is 11.6. The fraction of sp³-hybridized carbons (Fsp3) is 0. The van der Waals surface area contributed by atoms with Crippen LogP contribution in [-0.2, 0) is 0 Å². The van der Waals surface area contributed by atoms with Crippen LogP contribution in [0.4, 0.5) is 0 Å². The molecule has 328 valence electrons. The summed E-state index contributed by atoms with van der Waals surface area (Å²) in [5.74, 6) is 1.65. The van der Waals surface area contributed by atoms with E-state index in [0.717, 1.165) is 125 Å². The number of hydrogen-bond donors (Lipinski definition) is 0. The highest BCUT2D eigenvalue weighted by Crippen LogP contribution is 2.41. The topological polar surface area (TPSA) is 110 Å². The maximum atomic E-state index is 9.80. The SMILES string of the molecule is N#Cc1ccc2c3ccc(-c4ccc(-c5nc(-c6ccc7c8ccc(C#N)cc8c8ccccc8c7c6)nc(-c6ccc7c8ccc(C#N)cc8c8ccccc8c7c6)n5)cc4)cc3c3ccccc3c2c1. The van der Waals surface area contributed by atoms with Gasteiger partial charge in [0.2, 0.25) is 0 Å². The van der Waals surface area contributed by atoms with Gasteiger partial charge in [0.25, 0.3) is 0 Å². The molecule has 14 rings (SSSR count). The third kappa shape index (κ3) is 6.29. The molecular formula is C66H34N6. The molecule has 0 N–H and O–H groups in total. The van der Waals surface area contributed by atoms with Crippen molar-refractivity contribution in [2.24, 2.45) is 0 Å². The van der Waals surface area contributed by atoms with Gasteiger partial charge in [-0.25, -0.2) is 15.0 Å². The van der Waals surface area contributed by atoms with E-state index in [4.69, 9.17) is 15.0 Å². The Kier molecular flexibility index (Phi) is 8.98. The lowest BCUT2D eigenvalue weighted by Crippen LogP contribution is -2.00. The van der Waals surface area contributed by atoms with Gasteiger partial charge in [-0.15, -0.1) is 0 Å². The first-order chi connectivity index (χ1) is 35.5. The van der Waals surface area contributed by atoms with Crippen LogP contribution in [0.5, 0.6) is 0 Å². The van der Waals surface area contributed by atoms with Crippen LogP contribution in [0.3, 0.4) is 0 Å². The van der Waals surface area contributed by atoms with E-state index in [9.17, 15) is 15.8 Å². The van der Waals surface area contributed by atoms with Crippen LogP contribution in [0.25, 0.3) is 142 Å². The number of nitriles is 3. The molecule has 72 heavy (non-hydrogen) atoms. The van der Waals surface area contributed by atoms with Gasteiger partial charge in [-0.1, -0.05) is 152 Å². The monoisotopic (exact) mass is 910 g/mol. The zero-order valence-electron chi connectivity index (χ0n) is 38.3. The minimum Gasteiger partial charge on any atom is -0.208 e. The summed E-state index contributed by atoms with van der Waals surface area (Å²) >= 11 is 0. The van der Waals surface area contributed by atoms with E-state index >= 15 is 0 Å². The second-order valence-electron chi connectivity index (χ2n) is 18.4. The molecule has 1 aromatic heterocycles. The first-order valence-corrected chi connectivity index (χ1v) is 23.7. The molecule has 0 spiro atoms. The van der Waals surface area contributed by atoms with Crippen LogP contribution in [0.1, 0.15) is 16.7 Å². The fourth-order valence-corrected chi connectivity index (χ4v) is 11.1. The standard InChI is InChI=1S/C66H34N6/c67-35-38-13-23-52-55-26-20-43(32-61(55)49-10-4-1-7-46(49)58(52)29-38)41-16-18-42(19-17-41)64-70-65(44-21-27-56-53-24-14-39(36-68)30-59(53)47-8-2-5-11-50(47)62(56)33-44)72-66(71-64)45-22-28-57-54-25-15-40(37-69)31-60(54)48-9-3-6-12-51(48)63(57)34-45/h1-34H. The van der Waals surface area contributed by atoms with Crippen LogP contribution in [0, 0.1) is 34.0 Å². The summed E-state index contributed by atoms with van der Waals surface area (Å²) in [6.45, 7) is 0. The number of nitrogens with zero attached hydrogens (tertiary/aromatic N) is 6. The lowest BCUT2D eigenvalue weighted by atomic mass is 9.91. The van der Waals surface area contributed by atoms with Crippen LogP contribution < -0.4 is 0 Å². The second kappa shape index (κ2) is 15.9. The molecule has 0 bridgehead atoms. The molecule has 0 atom stereocenters. The zero-order valence-corrected chi connectivity index (χ0v) is 38.3. The van der Waals surface area contributed by atoms with Gasteiger partial charge in [-0.2, -0.15) is 15.8 Å². The third-order valence-corrected chi connectivity index (χ3v) is 14.5. The Morgan fingerprint density at radius 2 is 0.444 bits per heavy atom. The van der Waals surface area contributed by atoms with Crippen LogP contribution in [0.2, 0.25) is 0 Å². The van der Waals surface area contributed by atoms with Crippen molar-refractivity contribution in [2.75, 3.05) is 0 Å². The van der Waals surface area contributed by atoms with Crippen molar-refractivity contribution in [1.29, 1.82) is 15.8 Å². The van der Waals surface area contributed by atoms with Gasteiger partial charge in [0, 0.05) is 16.7 Å². The van der Waals surface area contributed by atoms with Crippen molar-refractivity contribution < 1.29 is 0 Å². The average molecular weight is 911 g/mol. The van der Waals surface area contributed by atoms with Crippen molar-refractivity contribution in [3.05, 3.63) is 223 Å². The number of fused-ring (bicyclic) bond motifs is 18. The summed E-state index contributed by atoms with van der Waals surface area (Å²) < 4.78 is 0. The second-order valence-corrected chi connectivity index (χ2v) is 18.4. The van der Waals surface area contributed by atoms with Crippen molar-refractivity contribution in [3.8, 4) is 63.5 Å². The lowest BCUT2D eigenvalue weighted by Gasteiger charge is -2.14. The molecule has 0 aliphatic carbocycles. The van der Waals surface area contributed by atoms with E-state index in [-0.39, 0.29) is 0 Å². The highest BCUT2D eigenvalue weighted by molar-refractivity contribution is 6.28. The molecule has 14 aromatic rings. The molecular weight excluding hydrogens is 877 g/mol. The first-order valence-electron chi connectivity index (χ1n) is 23.7. The maximum absolute atomic E-state index is 9.80. The van der Waals surface area contributed by atoms with Crippen molar-refractivity contribution >= 4 is 97.0 Å². The highest BCUT2D eigenvalue weighted by Gasteiger charge is 2.18.